The molecule has 0 aliphatic rings. The molecule has 0 fully saturated rings. The summed E-state index contributed by atoms with van der Waals surface area (Å²) in [5.41, 5.74) is 5.47. The quantitative estimate of drug-likeness (QED) is 0.860. The van der Waals surface area contributed by atoms with E-state index in [0.717, 1.165) is 0 Å². The molecule has 0 spiro atoms. The second-order valence-electron chi connectivity index (χ2n) is 3.60. The van der Waals surface area contributed by atoms with Crippen LogP contribution in [0.3, 0.4) is 0 Å². The van der Waals surface area contributed by atoms with Gasteiger partial charge in [-0.3, -0.25) is 4.79 Å². The second-order valence-corrected chi connectivity index (χ2v) is 5.84. The lowest BCUT2D eigenvalue weighted by molar-refractivity contribution is 0.0741. The molecule has 16 heavy (non-hydrogen) atoms. The first-order valence-electron chi connectivity index (χ1n) is 4.76. The van der Waals surface area contributed by atoms with Crippen LogP contribution in [-0.2, 0) is 0 Å². The van der Waals surface area contributed by atoms with Gasteiger partial charge < -0.3 is 10.6 Å². The van der Waals surface area contributed by atoms with Crippen LogP contribution in [0.1, 0.15) is 23.5 Å². The van der Waals surface area contributed by atoms with Crippen LogP contribution < -0.4 is 5.73 Å². The summed E-state index contributed by atoms with van der Waals surface area (Å²) in [6.07, 6.45) is 0. The number of thiophene rings is 1. The Balaban J connectivity index is 2.87. The molecule has 6 heteroatoms. The zero-order valence-corrected chi connectivity index (χ0v) is 11.5. The Morgan fingerprint density at radius 1 is 1.62 bits per heavy atom. The molecule has 1 heterocycles. The summed E-state index contributed by atoms with van der Waals surface area (Å²) in [5, 5.41) is 0. The van der Waals surface area contributed by atoms with Crippen molar-refractivity contribution in [2.24, 2.45) is 5.73 Å². The number of carbonyl (C=O) groups excluding carboxylic acids is 1. The number of rotatable bonds is 4. The molecule has 1 aromatic rings. The van der Waals surface area contributed by atoms with E-state index in [9.17, 15) is 4.79 Å². The number of nitrogens with two attached hydrogens (primary N) is 1. The smallest absolute Gasteiger partial charge is 0.264 e. The van der Waals surface area contributed by atoms with Crippen molar-refractivity contribution >= 4 is 46.1 Å². The van der Waals surface area contributed by atoms with E-state index in [0.29, 0.717) is 20.7 Å². The Morgan fingerprint density at radius 3 is 2.62 bits per heavy atom. The first-order valence-corrected chi connectivity index (χ1v) is 6.36. The molecule has 1 aromatic heterocycles. The predicted molar refractivity (Wildman–Crippen MR) is 72.3 cm³/mol. The molecule has 1 rings (SSSR count). The van der Waals surface area contributed by atoms with Crippen LogP contribution in [-0.4, -0.2) is 28.4 Å². The first-order chi connectivity index (χ1) is 7.41. The van der Waals surface area contributed by atoms with E-state index in [2.05, 4.69) is 0 Å². The average Bonchev–Trinajstić information content (AvgIpc) is 2.59. The summed E-state index contributed by atoms with van der Waals surface area (Å²) in [7, 11) is 0. The zero-order chi connectivity index (χ0) is 12.3. The summed E-state index contributed by atoms with van der Waals surface area (Å²) >= 11 is 11.9. The largest absolute Gasteiger partial charge is 0.392 e. The van der Waals surface area contributed by atoms with Crippen molar-refractivity contribution in [3.05, 3.63) is 21.3 Å². The lowest BCUT2D eigenvalue weighted by Gasteiger charge is -2.25. The van der Waals surface area contributed by atoms with Crippen molar-refractivity contribution in [2.45, 2.75) is 19.9 Å². The first kappa shape index (κ1) is 13.4. The standard InChI is InChI=1S/C10H13ClN2OS2/c1-6(2)13(5-9(12)15)10(14)7-3-4-8(11)16-7/h3-4,6H,5H2,1-2H3,(H2,12,15). The van der Waals surface area contributed by atoms with Crippen molar-refractivity contribution in [3.63, 3.8) is 0 Å². The second kappa shape index (κ2) is 5.61. The van der Waals surface area contributed by atoms with Gasteiger partial charge in [-0.15, -0.1) is 11.3 Å². The molecule has 88 valence electrons. The van der Waals surface area contributed by atoms with Crippen LogP contribution in [0, 0.1) is 0 Å². The summed E-state index contributed by atoms with van der Waals surface area (Å²) in [6, 6.07) is 3.47. The molecule has 0 radical (unpaired) electrons. The van der Waals surface area contributed by atoms with Crippen molar-refractivity contribution in [1.29, 1.82) is 0 Å². The molecule has 0 unspecified atom stereocenters. The molecule has 0 saturated heterocycles. The summed E-state index contributed by atoms with van der Waals surface area (Å²) in [6.45, 7) is 4.14. The highest BCUT2D eigenvalue weighted by atomic mass is 35.5. The topological polar surface area (TPSA) is 46.3 Å². The zero-order valence-electron chi connectivity index (χ0n) is 9.07. The number of hydrogen-bond acceptors (Lipinski definition) is 3. The number of hydrogen-bond donors (Lipinski definition) is 1. The normalized spacial score (nSPS) is 10.5. The molecule has 0 aliphatic carbocycles. The number of nitrogens with zero attached hydrogens (tertiary/aromatic N) is 1. The van der Waals surface area contributed by atoms with Gasteiger partial charge >= 0.3 is 0 Å². The summed E-state index contributed by atoms with van der Waals surface area (Å²) < 4.78 is 0.599. The molecule has 0 saturated carbocycles. The van der Waals surface area contributed by atoms with Gasteiger partial charge in [0.15, 0.2) is 0 Å². The van der Waals surface area contributed by atoms with Gasteiger partial charge in [-0.05, 0) is 26.0 Å². The van der Waals surface area contributed by atoms with Crippen LogP contribution in [0.15, 0.2) is 12.1 Å². The van der Waals surface area contributed by atoms with Gasteiger partial charge in [-0.2, -0.15) is 0 Å². The summed E-state index contributed by atoms with van der Waals surface area (Å²) in [4.78, 5) is 14.6. The predicted octanol–water partition coefficient (Wildman–Crippen LogP) is 2.54. The maximum Gasteiger partial charge on any atom is 0.264 e. The fourth-order valence-corrected chi connectivity index (χ4v) is 2.37. The molecule has 0 aliphatic heterocycles. The SMILES string of the molecule is CC(C)N(CC(N)=S)C(=O)c1ccc(Cl)s1. The minimum atomic E-state index is -0.0836. The molecule has 2 N–H and O–H groups in total. The van der Waals surface area contributed by atoms with Gasteiger partial charge in [0.1, 0.15) is 0 Å². The van der Waals surface area contributed by atoms with E-state index in [4.69, 9.17) is 29.6 Å². The maximum atomic E-state index is 12.1. The van der Waals surface area contributed by atoms with Gasteiger partial charge in [0.25, 0.3) is 5.91 Å². The Labute approximate surface area is 109 Å². The van der Waals surface area contributed by atoms with Gasteiger partial charge in [0.05, 0.1) is 20.7 Å². The average molecular weight is 277 g/mol. The van der Waals surface area contributed by atoms with Crippen molar-refractivity contribution in [3.8, 4) is 0 Å². The van der Waals surface area contributed by atoms with Crippen LogP contribution >= 0.6 is 35.2 Å². The highest BCUT2D eigenvalue weighted by Gasteiger charge is 2.20. The molecule has 0 atom stereocenters. The third-order valence-corrected chi connectivity index (χ3v) is 3.34. The molecule has 0 aromatic carbocycles. The third kappa shape index (κ3) is 3.43. The Hall–Kier alpha value is -0.650. The molecule has 1 amide bonds. The highest BCUT2D eigenvalue weighted by molar-refractivity contribution is 7.80. The van der Waals surface area contributed by atoms with Gasteiger partial charge in [-0.1, -0.05) is 23.8 Å². The maximum absolute atomic E-state index is 12.1. The Morgan fingerprint density at radius 2 is 2.25 bits per heavy atom. The van der Waals surface area contributed by atoms with Crippen LogP contribution in [0.5, 0.6) is 0 Å². The summed E-state index contributed by atoms with van der Waals surface area (Å²) in [5.74, 6) is -0.0836. The van der Waals surface area contributed by atoms with E-state index in [1.165, 1.54) is 11.3 Å². The van der Waals surface area contributed by atoms with E-state index in [1.54, 1.807) is 17.0 Å². The van der Waals surface area contributed by atoms with E-state index in [-0.39, 0.29) is 11.9 Å². The van der Waals surface area contributed by atoms with Gasteiger partial charge in [-0.25, -0.2) is 0 Å². The van der Waals surface area contributed by atoms with E-state index in [1.807, 2.05) is 13.8 Å². The van der Waals surface area contributed by atoms with Crippen molar-refractivity contribution in [1.82, 2.24) is 4.90 Å². The van der Waals surface area contributed by atoms with Crippen LogP contribution in [0.4, 0.5) is 0 Å². The number of carbonyl (C=O) groups is 1. The third-order valence-electron chi connectivity index (χ3n) is 1.99. The number of thiocarbonyl (C=S) groups is 1. The van der Waals surface area contributed by atoms with Crippen molar-refractivity contribution < 1.29 is 4.79 Å². The molecule has 0 bridgehead atoms. The highest BCUT2D eigenvalue weighted by Crippen LogP contribution is 2.23. The fourth-order valence-electron chi connectivity index (χ4n) is 1.23. The van der Waals surface area contributed by atoms with Crippen LogP contribution in [0.2, 0.25) is 4.34 Å². The van der Waals surface area contributed by atoms with Gasteiger partial charge in [0, 0.05) is 6.04 Å². The lowest BCUT2D eigenvalue weighted by Crippen LogP contribution is -2.41. The van der Waals surface area contributed by atoms with Crippen LogP contribution in [0.25, 0.3) is 0 Å². The minimum absolute atomic E-state index is 0.0508. The lowest BCUT2D eigenvalue weighted by atomic mass is 10.3. The fraction of sp³-hybridized carbons (Fsp3) is 0.400. The Kier molecular flexibility index (Phi) is 4.70. The van der Waals surface area contributed by atoms with E-state index >= 15 is 0 Å². The van der Waals surface area contributed by atoms with Gasteiger partial charge in [0.2, 0.25) is 0 Å². The molecular weight excluding hydrogens is 264 g/mol. The monoisotopic (exact) mass is 276 g/mol. The molecular formula is C10H13ClN2OS2. The van der Waals surface area contributed by atoms with E-state index < -0.39 is 0 Å². The molecule has 3 nitrogen and oxygen atoms in total. The van der Waals surface area contributed by atoms with Crippen molar-refractivity contribution in [2.75, 3.05) is 6.54 Å². The number of halogens is 1. The Bertz CT molecular complexity index is 403. The number of amides is 1. The minimum Gasteiger partial charge on any atom is -0.392 e.